The van der Waals surface area contributed by atoms with Gasteiger partial charge in [0.1, 0.15) is 5.69 Å². The van der Waals surface area contributed by atoms with Gasteiger partial charge in [0.2, 0.25) is 5.13 Å². The van der Waals surface area contributed by atoms with E-state index >= 15 is 0 Å². The molecule has 7 heteroatoms. The van der Waals surface area contributed by atoms with Crippen molar-refractivity contribution in [3.05, 3.63) is 0 Å². The molecule has 0 aliphatic rings. The van der Waals surface area contributed by atoms with Crippen molar-refractivity contribution in [3.8, 4) is 5.88 Å². The number of nitrogens with two attached hydrogens (primary N) is 2. The summed E-state index contributed by atoms with van der Waals surface area (Å²) in [5, 5.41) is 16.7. The van der Waals surface area contributed by atoms with Gasteiger partial charge in [-0.2, -0.15) is 0 Å². The second-order valence-electron chi connectivity index (χ2n) is 1.97. The van der Waals surface area contributed by atoms with E-state index in [4.69, 9.17) is 16.6 Å². The van der Waals surface area contributed by atoms with Crippen molar-refractivity contribution in [1.82, 2.24) is 14.8 Å². The Bertz CT molecular complexity index is 404. The van der Waals surface area contributed by atoms with Crippen molar-refractivity contribution < 1.29 is 5.11 Å². The maximum absolute atomic E-state index is 8.99. The Balaban J connectivity index is 2.88. The Morgan fingerprint density at radius 2 is 2.09 bits per heavy atom. The molecule has 6 nitrogen and oxygen atoms in total. The van der Waals surface area contributed by atoms with E-state index in [1.54, 1.807) is 0 Å². The Morgan fingerprint density at radius 3 is 2.73 bits per heavy atom. The summed E-state index contributed by atoms with van der Waals surface area (Å²) in [6, 6.07) is 0. The average molecular weight is 171 g/mol. The minimum absolute atomic E-state index is 0.205. The Kier molecular flexibility index (Phi) is 0.994. The summed E-state index contributed by atoms with van der Waals surface area (Å²) in [6.07, 6.45) is 0. The van der Waals surface area contributed by atoms with Crippen molar-refractivity contribution in [2.24, 2.45) is 0 Å². The van der Waals surface area contributed by atoms with Gasteiger partial charge >= 0.3 is 0 Å². The van der Waals surface area contributed by atoms with Crippen molar-refractivity contribution >= 4 is 27.0 Å². The van der Waals surface area contributed by atoms with Crippen molar-refractivity contribution in [3.63, 3.8) is 0 Å². The number of aromatic nitrogens is 3. The molecule has 58 valence electrons. The zero-order chi connectivity index (χ0) is 8.01. The van der Waals surface area contributed by atoms with Gasteiger partial charge in [-0.25, -0.2) is 0 Å². The minimum atomic E-state index is -0.205. The molecule has 0 saturated heterocycles. The highest BCUT2D eigenvalue weighted by atomic mass is 32.1. The second kappa shape index (κ2) is 1.76. The van der Waals surface area contributed by atoms with Gasteiger partial charge in [0, 0.05) is 0 Å². The van der Waals surface area contributed by atoms with Gasteiger partial charge in [-0.3, -0.25) is 0 Å². The molecule has 2 aromatic rings. The first-order chi connectivity index (χ1) is 5.18. The largest absolute Gasteiger partial charge is 0.491 e. The van der Waals surface area contributed by atoms with Crippen LogP contribution in [0, 0.1) is 0 Å². The predicted octanol–water partition coefficient (Wildman–Crippen LogP) is -0.339. The lowest BCUT2D eigenvalue weighted by atomic mass is 10.6. The molecule has 0 aromatic carbocycles. The third-order valence-corrected chi connectivity index (χ3v) is 2.10. The van der Waals surface area contributed by atoms with Crippen LogP contribution in [0.3, 0.4) is 0 Å². The molecule has 0 saturated carbocycles. The normalized spacial score (nSPS) is 10.9. The van der Waals surface area contributed by atoms with E-state index in [2.05, 4.69) is 10.2 Å². The number of fused-ring (bicyclic) bond motifs is 1. The molecule has 0 radical (unpaired) electrons. The van der Waals surface area contributed by atoms with Gasteiger partial charge in [-0.1, -0.05) is 11.3 Å². The molecule has 0 unspecified atom stereocenters. The number of anilines is 2. The van der Waals surface area contributed by atoms with Crippen LogP contribution in [0.2, 0.25) is 0 Å². The molecule has 0 aliphatic carbocycles. The van der Waals surface area contributed by atoms with Crippen molar-refractivity contribution in [1.29, 1.82) is 0 Å². The topological polar surface area (TPSA) is 102 Å². The number of hydrogen-bond donors (Lipinski definition) is 3. The Morgan fingerprint density at radius 1 is 1.36 bits per heavy atom. The van der Waals surface area contributed by atoms with E-state index in [1.807, 2.05) is 0 Å². The monoisotopic (exact) mass is 171 g/mol. The number of rotatable bonds is 0. The molecule has 0 atom stereocenters. The van der Waals surface area contributed by atoms with Crippen LogP contribution in [-0.4, -0.2) is 19.9 Å². The molecule has 0 fully saturated rings. The molecule has 2 heterocycles. The zero-order valence-corrected chi connectivity index (χ0v) is 6.17. The van der Waals surface area contributed by atoms with Gasteiger partial charge in [0.05, 0.1) is 0 Å². The smallest absolute Gasteiger partial charge is 0.257 e. The van der Waals surface area contributed by atoms with Crippen LogP contribution in [0.1, 0.15) is 0 Å². The van der Waals surface area contributed by atoms with E-state index in [1.165, 1.54) is 16.0 Å². The van der Waals surface area contributed by atoms with E-state index in [0.29, 0.717) is 9.96 Å². The highest BCUT2D eigenvalue weighted by Gasteiger charge is 2.11. The molecule has 2 rings (SSSR count). The second-order valence-corrected chi connectivity index (χ2v) is 2.98. The first kappa shape index (κ1) is 6.23. The van der Waals surface area contributed by atoms with Gasteiger partial charge < -0.3 is 16.6 Å². The third kappa shape index (κ3) is 0.709. The predicted molar refractivity (Wildman–Crippen MR) is 41.4 cm³/mol. The fraction of sp³-hybridized carbons (Fsp3) is 0. The SMILES string of the molecule is Nc1nn2nc(O)c(N)c2s1. The first-order valence-corrected chi connectivity index (χ1v) is 3.60. The van der Waals surface area contributed by atoms with Gasteiger partial charge in [-0.05, 0) is 0 Å². The van der Waals surface area contributed by atoms with E-state index in [-0.39, 0.29) is 11.6 Å². The van der Waals surface area contributed by atoms with Crippen LogP contribution in [-0.2, 0) is 0 Å². The van der Waals surface area contributed by atoms with Gasteiger partial charge in [0.25, 0.3) is 5.88 Å². The van der Waals surface area contributed by atoms with Crippen LogP contribution < -0.4 is 11.5 Å². The standard InChI is InChI=1S/C4H5N5OS/c5-1-2(10)7-9-3(1)11-4(6)8-9/h5H2,(H2,6,8)(H,7,10). The van der Waals surface area contributed by atoms with Gasteiger partial charge in [-0.15, -0.1) is 14.8 Å². The molecular formula is C4H5N5OS. The van der Waals surface area contributed by atoms with Crippen molar-refractivity contribution in [2.75, 3.05) is 11.5 Å². The fourth-order valence-corrected chi connectivity index (χ4v) is 1.45. The molecular weight excluding hydrogens is 166 g/mol. The number of nitrogen functional groups attached to an aromatic ring is 2. The summed E-state index contributed by atoms with van der Waals surface area (Å²) >= 11 is 1.18. The maximum atomic E-state index is 8.99. The highest BCUT2D eigenvalue weighted by Crippen LogP contribution is 2.28. The molecule has 5 N–H and O–H groups in total. The summed E-state index contributed by atoms with van der Waals surface area (Å²) in [5.74, 6) is -0.205. The summed E-state index contributed by atoms with van der Waals surface area (Å²) in [6.45, 7) is 0. The molecule has 0 aliphatic heterocycles. The lowest BCUT2D eigenvalue weighted by Crippen LogP contribution is -1.88. The highest BCUT2D eigenvalue weighted by molar-refractivity contribution is 7.21. The fourth-order valence-electron chi connectivity index (χ4n) is 0.769. The van der Waals surface area contributed by atoms with Crippen LogP contribution in [0.15, 0.2) is 0 Å². The van der Waals surface area contributed by atoms with Crippen LogP contribution >= 0.6 is 11.3 Å². The summed E-state index contributed by atoms with van der Waals surface area (Å²) < 4.78 is 1.21. The molecule has 0 spiro atoms. The third-order valence-electron chi connectivity index (χ3n) is 1.24. The first-order valence-electron chi connectivity index (χ1n) is 2.78. The molecule has 0 bridgehead atoms. The van der Waals surface area contributed by atoms with Crippen LogP contribution in [0.5, 0.6) is 5.88 Å². The van der Waals surface area contributed by atoms with Gasteiger partial charge in [0.15, 0.2) is 4.83 Å². The zero-order valence-electron chi connectivity index (χ0n) is 5.35. The van der Waals surface area contributed by atoms with E-state index in [9.17, 15) is 0 Å². The minimum Gasteiger partial charge on any atom is -0.491 e. The number of hydrogen-bond acceptors (Lipinski definition) is 6. The number of nitrogens with zero attached hydrogens (tertiary/aromatic N) is 3. The average Bonchev–Trinajstić information content (AvgIpc) is 2.37. The van der Waals surface area contributed by atoms with Crippen LogP contribution in [0.25, 0.3) is 4.83 Å². The van der Waals surface area contributed by atoms with E-state index < -0.39 is 0 Å². The summed E-state index contributed by atoms with van der Waals surface area (Å²) in [7, 11) is 0. The Labute approximate surface area is 65.0 Å². The lowest BCUT2D eigenvalue weighted by molar-refractivity contribution is 0.448. The Hall–Kier alpha value is -1.50. The number of aromatic hydroxyl groups is 1. The lowest BCUT2D eigenvalue weighted by Gasteiger charge is -1.81. The van der Waals surface area contributed by atoms with Crippen LogP contribution in [0.4, 0.5) is 10.8 Å². The van der Waals surface area contributed by atoms with Crippen molar-refractivity contribution in [2.45, 2.75) is 0 Å². The molecule has 11 heavy (non-hydrogen) atoms. The molecule has 2 aromatic heterocycles. The maximum Gasteiger partial charge on any atom is 0.257 e. The summed E-state index contributed by atoms with van der Waals surface area (Å²) in [4.78, 5) is 0.569. The van der Waals surface area contributed by atoms with E-state index in [0.717, 1.165) is 0 Å². The molecule has 0 amide bonds. The quantitative estimate of drug-likeness (QED) is 0.503. The summed E-state index contributed by atoms with van der Waals surface area (Å²) in [5.41, 5.74) is 11.0.